The van der Waals surface area contributed by atoms with Crippen LogP contribution in [0.15, 0.2) is 110 Å². The summed E-state index contributed by atoms with van der Waals surface area (Å²) in [6.07, 6.45) is -6.53. The minimum atomic E-state index is -4.69. The smallest absolute Gasteiger partial charge is 0.417 e. The van der Waals surface area contributed by atoms with E-state index in [1.807, 2.05) is 0 Å². The Hall–Kier alpha value is -8.38. The summed E-state index contributed by atoms with van der Waals surface area (Å²) in [5, 5.41) is 26.9. The molecule has 0 unspecified atom stereocenters. The van der Waals surface area contributed by atoms with Crippen LogP contribution in [0.2, 0.25) is 0 Å². The Kier molecular flexibility index (Phi) is 13.2. The molecule has 0 aliphatic rings. The van der Waals surface area contributed by atoms with E-state index >= 15 is 0 Å². The maximum absolute atomic E-state index is 13.1. The molecule has 0 bridgehead atoms. The third-order valence-electron chi connectivity index (χ3n) is 8.05. The van der Waals surface area contributed by atoms with Gasteiger partial charge in [-0.3, -0.25) is 0 Å². The molecule has 0 aliphatic heterocycles. The van der Waals surface area contributed by atoms with Gasteiger partial charge in [-0.05, 0) is 109 Å². The van der Waals surface area contributed by atoms with Gasteiger partial charge in [-0.15, -0.1) is 0 Å². The molecule has 0 fully saturated rings. The average Bonchev–Trinajstić information content (AvgIpc) is 3.25. The lowest BCUT2D eigenvalue weighted by Crippen LogP contribution is -2.08. The van der Waals surface area contributed by atoms with Gasteiger partial charge in [0.2, 0.25) is 0 Å². The number of aromatic nitrogens is 4. The zero-order chi connectivity index (χ0) is 44.5. The van der Waals surface area contributed by atoms with Crippen molar-refractivity contribution in [2.45, 2.75) is 12.4 Å². The number of hydrogen-bond donors (Lipinski definition) is 1. The highest BCUT2D eigenvalue weighted by molar-refractivity contribution is 5.88. The summed E-state index contributed by atoms with van der Waals surface area (Å²) in [5.74, 6) is -1.14. The molecule has 2 aromatic heterocycles. The van der Waals surface area contributed by atoms with Crippen LogP contribution in [0.1, 0.15) is 54.6 Å². The van der Waals surface area contributed by atoms with E-state index < -0.39 is 46.5 Å². The predicted octanol–water partition coefficient (Wildman–Crippen LogP) is 10.4. The molecular formula is C43H26F6N6O6. The van der Waals surface area contributed by atoms with Gasteiger partial charge in [0.15, 0.2) is 23.0 Å². The minimum absolute atomic E-state index is 0.0555. The Balaban J connectivity index is 0.000000231. The number of rotatable bonds is 10. The number of carbonyl (C=O) groups is 2. The number of nitrogens with zero attached hydrogens (tertiary/aromatic N) is 6. The van der Waals surface area contributed by atoms with Gasteiger partial charge in [0.25, 0.3) is 0 Å². The van der Waals surface area contributed by atoms with Crippen molar-refractivity contribution >= 4 is 24.1 Å². The molecule has 6 aromatic rings. The Labute approximate surface area is 341 Å². The molecule has 0 saturated heterocycles. The monoisotopic (exact) mass is 836 g/mol. The van der Waals surface area contributed by atoms with Crippen LogP contribution in [0.5, 0.6) is 23.0 Å². The van der Waals surface area contributed by atoms with Crippen molar-refractivity contribution in [1.29, 1.82) is 10.5 Å². The van der Waals surface area contributed by atoms with E-state index in [0.717, 1.165) is 24.3 Å². The molecule has 306 valence electrons. The van der Waals surface area contributed by atoms with Crippen LogP contribution < -0.4 is 9.47 Å². The summed E-state index contributed by atoms with van der Waals surface area (Å²) in [4.78, 5) is 39.6. The van der Waals surface area contributed by atoms with Gasteiger partial charge < -0.3 is 19.3 Å². The van der Waals surface area contributed by atoms with Crippen molar-refractivity contribution in [3.05, 3.63) is 155 Å². The van der Waals surface area contributed by atoms with Crippen molar-refractivity contribution in [1.82, 2.24) is 19.9 Å². The highest BCUT2D eigenvalue weighted by atomic mass is 19.4. The molecule has 18 heteroatoms. The molecule has 0 atom stereocenters. The third-order valence-corrected chi connectivity index (χ3v) is 8.05. The Morgan fingerprint density at radius 3 is 1.33 bits per heavy atom. The fraction of sp³-hybridized carbons (Fsp3) is 0.0698. The first-order valence-corrected chi connectivity index (χ1v) is 17.1. The molecule has 61 heavy (non-hydrogen) atoms. The van der Waals surface area contributed by atoms with E-state index in [2.05, 4.69) is 37.8 Å². The van der Waals surface area contributed by atoms with Gasteiger partial charge in [0.05, 0.1) is 52.9 Å². The Bertz CT molecular complexity index is 2730. The van der Waals surface area contributed by atoms with Crippen LogP contribution in [0, 0.1) is 22.7 Å². The number of methoxy groups -OCH3 is 1. The molecular weight excluding hydrogens is 810 g/mol. The molecule has 1 N–H and O–H groups in total. The highest BCUT2D eigenvalue weighted by Crippen LogP contribution is 2.37. The van der Waals surface area contributed by atoms with E-state index in [4.69, 9.17) is 25.1 Å². The average molecular weight is 837 g/mol. The summed E-state index contributed by atoms with van der Waals surface area (Å²) >= 11 is 0. The number of aromatic carboxylic acids is 1. The summed E-state index contributed by atoms with van der Waals surface area (Å²) in [6.45, 7) is 7.19. The van der Waals surface area contributed by atoms with Gasteiger partial charge in [0.1, 0.15) is 23.0 Å². The van der Waals surface area contributed by atoms with E-state index in [-0.39, 0.29) is 46.0 Å². The Morgan fingerprint density at radius 2 is 0.984 bits per heavy atom. The summed E-state index contributed by atoms with van der Waals surface area (Å²) in [5.41, 5.74) is -1.54. The van der Waals surface area contributed by atoms with Crippen LogP contribution in [0.25, 0.3) is 34.9 Å². The normalized spacial score (nSPS) is 10.8. The van der Waals surface area contributed by atoms with Crippen molar-refractivity contribution in [2.24, 2.45) is 0 Å². The third kappa shape index (κ3) is 11.0. The van der Waals surface area contributed by atoms with Crippen molar-refractivity contribution in [3.8, 4) is 57.9 Å². The summed E-state index contributed by atoms with van der Waals surface area (Å²) in [6, 6.07) is 24.1. The first kappa shape index (κ1) is 43.7. The molecule has 2 heterocycles. The van der Waals surface area contributed by atoms with E-state index in [9.17, 15) is 35.9 Å². The molecule has 0 spiro atoms. The minimum Gasteiger partial charge on any atom is -0.477 e. The Morgan fingerprint density at radius 1 is 0.607 bits per heavy atom. The second-order valence-electron chi connectivity index (χ2n) is 12.1. The number of carboxylic acids is 1. The summed E-state index contributed by atoms with van der Waals surface area (Å²) in [7, 11) is 1.23. The maximum Gasteiger partial charge on any atom is 0.417 e. The van der Waals surface area contributed by atoms with Crippen molar-refractivity contribution in [2.75, 3.05) is 7.11 Å². The quantitative estimate of drug-likeness (QED) is 0.102. The number of benzene rings is 4. The largest absolute Gasteiger partial charge is 0.477 e. The van der Waals surface area contributed by atoms with Crippen LogP contribution in [0.4, 0.5) is 26.3 Å². The fourth-order valence-corrected chi connectivity index (χ4v) is 5.17. The number of ether oxygens (including phenoxy) is 3. The van der Waals surface area contributed by atoms with Gasteiger partial charge in [-0.1, -0.05) is 13.2 Å². The molecule has 6 rings (SSSR count). The van der Waals surface area contributed by atoms with Crippen molar-refractivity contribution in [3.63, 3.8) is 0 Å². The number of esters is 1. The zero-order valence-corrected chi connectivity index (χ0v) is 31.2. The predicted molar refractivity (Wildman–Crippen MR) is 206 cm³/mol. The summed E-state index contributed by atoms with van der Waals surface area (Å²) < 4.78 is 94.2. The maximum atomic E-state index is 13.1. The van der Waals surface area contributed by atoms with Crippen molar-refractivity contribution < 1.29 is 55.2 Å². The van der Waals surface area contributed by atoms with Crippen LogP contribution >= 0.6 is 0 Å². The lowest BCUT2D eigenvalue weighted by molar-refractivity contribution is -0.138. The fourth-order valence-electron chi connectivity index (χ4n) is 5.17. The second-order valence-corrected chi connectivity index (χ2v) is 12.1. The van der Waals surface area contributed by atoms with E-state index in [1.54, 1.807) is 12.1 Å². The van der Waals surface area contributed by atoms with Crippen LogP contribution in [-0.4, -0.2) is 44.1 Å². The lowest BCUT2D eigenvalue weighted by Gasteiger charge is -2.12. The molecule has 0 amide bonds. The standard InChI is InChI=1S/C22H14F3N3O3.C21H12F3N3O3/c1-3-15-10-19(21(29)30-2)28-20(27-15)13-4-7-16(8-5-13)31-17-9-6-14(12-26)18(11-17)22(23,24)25;1-2-14-9-18(20(28)29)27-19(26-14)12-3-6-15(7-4-12)30-16-8-5-13(11-25)17(10-16)21(22,23)24/h3-11H,1H2,2H3;2-10H,1H2,(H,28,29). The van der Waals surface area contributed by atoms with E-state index in [0.29, 0.717) is 22.5 Å². The van der Waals surface area contributed by atoms with Gasteiger partial charge in [-0.25, -0.2) is 29.5 Å². The van der Waals surface area contributed by atoms with Crippen LogP contribution in [-0.2, 0) is 17.1 Å². The zero-order valence-electron chi connectivity index (χ0n) is 31.2. The number of carboxylic acid groups (broad SMARTS) is 1. The number of carbonyl (C=O) groups excluding carboxylic acids is 1. The molecule has 12 nitrogen and oxygen atoms in total. The molecule has 0 saturated carbocycles. The SMILES string of the molecule is C=Cc1cc(C(=O)O)nc(-c2ccc(Oc3ccc(C#N)c(C(F)(F)F)c3)cc2)n1.C=Cc1cc(C(=O)OC)nc(-c2ccc(Oc3ccc(C#N)c(C(F)(F)F)c3)cc2)n1. The number of halogens is 6. The number of nitriles is 2. The highest BCUT2D eigenvalue weighted by Gasteiger charge is 2.35. The topological polar surface area (TPSA) is 181 Å². The molecule has 0 aliphatic carbocycles. The van der Waals surface area contributed by atoms with E-state index in [1.165, 1.54) is 92.1 Å². The molecule has 4 aromatic carbocycles. The van der Waals surface area contributed by atoms with Crippen LogP contribution in [0.3, 0.4) is 0 Å². The first-order chi connectivity index (χ1) is 29.0. The van der Waals surface area contributed by atoms with Gasteiger partial charge >= 0.3 is 24.3 Å². The first-order valence-electron chi connectivity index (χ1n) is 17.1. The number of hydrogen-bond acceptors (Lipinski definition) is 11. The number of alkyl halides is 6. The van der Waals surface area contributed by atoms with Gasteiger partial charge in [-0.2, -0.15) is 36.9 Å². The van der Waals surface area contributed by atoms with Gasteiger partial charge in [0, 0.05) is 11.1 Å². The second kappa shape index (κ2) is 18.5. The lowest BCUT2D eigenvalue weighted by atomic mass is 10.1. The molecule has 0 radical (unpaired) electrons.